The lowest BCUT2D eigenvalue weighted by atomic mass is 10.1. The van der Waals surface area contributed by atoms with Gasteiger partial charge in [-0.05, 0) is 49.7 Å². The normalized spacial score (nSPS) is 10.4. The molecule has 29 heavy (non-hydrogen) atoms. The Morgan fingerprint density at radius 1 is 0.931 bits per heavy atom. The molecule has 148 valence electrons. The fraction of sp³-hybridized carbons (Fsp3) is 0.174. The Kier molecular flexibility index (Phi) is 6.58. The van der Waals surface area contributed by atoms with Crippen LogP contribution in [0.4, 0.5) is 5.69 Å². The zero-order chi connectivity index (χ0) is 20.6. The first-order valence-electron chi connectivity index (χ1n) is 9.35. The average Bonchev–Trinajstić information content (AvgIpc) is 2.73. The Labute approximate surface area is 169 Å². The van der Waals surface area contributed by atoms with E-state index < -0.39 is 0 Å². The maximum atomic E-state index is 12.5. The fourth-order valence-electron chi connectivity index (χ4n) is 2.61. The average molecular weight is 389 g/mol. The molecule has 2 N–H and O–H groups in total. The Balaban J connectivity index is 1.60. The van der Waals surface area contributed by atoms with E-state index in [1.807, 2.05) is 44.2 Å². The smallest absolute Gasteiger partial charge is 0.257 e. The van der Waals surface area contributed by atoms with Gasteiger partial charge in [-0.1, -0.05) is 30.3 Å². The molecule has 0 aliphatic rings. The standard InChI is InChI=1S/C23H23N3O3/c1-16(2)25-22(27)18-12-19(14-24-13-18)23(28)26-20-8-10-21(11-9-20)29-15-17-6-4-3-5-7-17/h3-14,16H,15H2,1-2H3,(H,25,27)(H,26,28). The fourth-order valence-corrected chi connectivity index (χ4v) is 2.61. The maximum absolute atomic E-state index is 12.5. The van der Waals surface area contributed by atoms with E-state index in [0.29, 0.717) is 29.2 Å². The molecule has 0 aliphatic carbocycles. The van der Waals surface area contributed by atoms with Crippen LogP contribution >= 0.6 is 0 Å². The van der Waals surface area contributed by atoms with Crippen molar-refractivity contribution in [1.29, 1.82) is 0 Å². The van der Waals surface area contributed by atoms with Crippen LogP contribution in [-0.2, 0) is 6.61 Å². The van der Waals surface area contributed by atoms with Crippen molar-refractivity contribution >= 4 is 17.5 Å². The number of hydrogen-bond donors (Lipinski definition) is 2. The van der Waals surface area contributed by atoms with E-state index in [2.05, 4.69) is 15.6 Å². The number of nitrogens with zero attached hydrogens (tertiary/aromatic N) is 1. The van der Waals surface area contributed by atoms with Crippen LogP contribution in [0.25, 0.3) is 0 Å². The first-order valence-corrected chi connectivity index (χ1v) is 9.35. The lowest BCUT2D eigenvalue weighted by Crippen LogP contribution is -2.30. The van der Waals surface area contributed by atoms with E-state index in [0.717, 1.165) is 5.56 Å². The minimum Gasteiger partial charge on any atom is -0.489 e. The molecule has 0 bridgehead atoms. The van der Waals surface area contributed by atoms with Gasteiger partial charge in [0.2, 0.25) is 0 Å². The summed E-state index contributed by atoms with van der Waals surface area (Å²) in [6, 6.07) is 18.5. The predicted molar refractivity (Wildman–Crippen MR) is 112 cm³/mol. The molecule has 0 saturated heterocycles. The number of aromatic nitrogens is 1. The molecule has 6 heteroatoms. The van der Waals surface area contributed by atoms with E-state index in [9.17, 15) is 9.59 Å². The number of pyridine rings is 1. The number of rotatable bonds is 7. The third-order valence-electron chi connectivity index (χ3n) is 4.04. The molecule has 0 spiro atoms. The SMILES string of the molecule is CC(C)NC(=O)c1cncc(C(=O)Nc2ccc(OCc3ccccc3)cc2)c1. The Morgan fingerprint density at radius 3 is 2.24 bits per heavy atom. The summed E-state index contributed by atoms with van der Waals surface area (Å²) in [4.78, 5) is 28.6. The molecule has 0 aliphatic heterocycles. The minimum atomic E-state index is -0.338. The van der Waals surface area contributed by atoms with Gasteiger partial charge in [-0.15, -0.1) is 0 Å². The van der Waals surface area contributed by atoms with Gasteiger partial charge in [0, 0.05) is 24.1 Å². The van der Waals surface area contributed by atoms with Crippen molar-refractivity contribution < 1.29 is 14.3 Å². The van der Waals surface area contributed by atoms with Crippen LogP contribution in [0.3, 0.4) is 0 Å². The summed E-state index contributed by atoms with van der Waals surface area (Å²) in [5.41, 5.74) is 2.36. The highest BCUT2D eigenvalue weighted by Gasteiger charge is 2.12. The zero-order valence-electron chi connectivity index (χ0n) is 16.4. The first kappa shape index (κ1) is 20.1. The van der Waals surface area contributed by atoms with Gasteiger partial charge in [-0.3, -0.25) is 14.6 Å². The highest BCUT2D eigenvalue weighted by molar-refractivity contribution is 6.05. The van der Waals surface area contributed by atoms with Crippen LogP contribution < -0.4 is 15.4 Å². The molecule has 0 unspecified atom stereocenters. The number of benzene rings is 2. The van der Waals surface area contributed by atoms with Crippen LogP contribution in [0, 0.1) is 0 Å². The van der Waals surface area contributed by atoms with E-state index in [1.54, 1.807) is 24.3 Å². The molecule has 0 radical (unpaired) electrons. The van der Waals surface area contributed by atoms with Gasteiger partial charge < -0.3 is 15.4 Å². The molecular weight excluding hydrogens is 366 g/mol. The summed E-state index contributed by atoms with van der Waals surface area (Å²) >= 11 is 0. The van der Waals surface area contributed by atoms with Crippen LogP contribution in [-0.4, -0.2) is 22.8 Å². The third kappa shape index (κ3) is 5.90. The number of hydrogen-bond acceptors (Lipinski definition) is 4. The van der Waals surface area contributed by atoms with Crippen molar-refractivity contribution in [3.8, 4) is 5.75 Å². The van der Waals surface area contributed by atoms with Gasteiger partial charge >= 0.3 is 0 Å². The van der Waals surface area contributed by atoms with Crippen LogP contribution in [0.15, 0.2) is 73.1 Å². The molecule has 1 aromatic heterocycles. The van der Waals surface area contributed by atoms with Gasteiger partial charge in [-0.25, -0.2) is 0 Å². The van der Waals surface area contributed by atoms with Crippen molar-refractivity contribution in [2.24, 2.45) is 0 Å². The number of carbonyl (C=O) groups excluding carboxylic acids is 2. The number of nitrogens with one attached hydrogen (secondary N) is 2. The summed E-state index contributed by atoms with van der Waals surface area (Å²) in [7, 11) is 0. The monoisotopic (exact) mass is 389 g/mol. The second kappa shape index (κ2) is 9.50. The Morgan fingerprint density at radius 2 is 1.59 bits per heavy atom. The molecule has 2 amide bonds. The van der Waals surface area contributed by atoms with Gasteiger partial charge in [0.05, 0.1) is 11.1 Å². The molecule has 6 nitrogen and oxygen atoms in total. The van der Waals surface area contributed by atoms with Gasteiger partial charge in [0.25, 0.3) is 11.8 Å². The molecule has 1 heterocycles. The topological polar surface area (TPSA) is 80.3 Å². The lowest BCUT2D eigenvalue weighted by Gasteiger charge is -2.10. The summed E-state index contributed by atoms with van der Waals surface area (Å²) in [6.45, 7) is 4.22. The van der Waals surface area contributed by atoms with Gasteiger partial charge in [0.1, 0.15) is 12.4 Å². The van der Waals surface area contributed by atoms with E-state index in [4.69, 9.17) is 4.74 Å². The lowest BCUT2D eigenvalue weighted by molar-refractivity contribution is 0.0942. The molecule has 3 rings (SSSR count). The Bertz CT molecular complexity index is 970. The van der Waals surface area contributed by atoms with Crippen LogP contribution in [0.5, 0.6) is 5.75 Å². The largest absolute Gasteiger partial charge is 0.489 e. The Hall–Kier alpha value is -3.67. The summed E-state index contributed by atoms with van der Waals surface area (Å²) in [6.07, 6.45) is 2.87. The molecule has 2 aromatic carbocycles. The van der Waals surface area contributed by atoms with E-state index in [-0.39, 0.29) is 17.9 Å². The van der Waals surface area contributed by atoms with Crippen molar-refractivity contribution in [2.45, 2.75) is 26.5 Å². The van der Waals surface area contributed by atoms with Crippen LogP contribution in [0.2, 0.25) is 0 Å². The highest BCUT2D eigenvalue weighted by Crippen LogP contribution is 2.18. The number of amides is 2. The number of anilines is 1. The number of ether oxygens (including phenoxy) is 1. The highest BCUT2D eigenvalue weighted by atomic mass is 16.5. The first-order chi connectivity index (χ1) is 14.0. The van der Waals surface area contributed by atoms with Crippen molar-refractivity contribution in [3.05, 3.63) is 89.7 Å². The maximum Gasteiger partial charge on any atom is 0.257 e. The zero-order valence-corrected chi connectivity index (χ0v) is 16.4. The quantitative estimate of drug-likeness (QED) is 0.639. The van der Waals surface area contributed by atoms with Gasteiger partial charge in [-0.2, -0.15) is 0 Å². The summed E-state index contributed by atoms with van der Waals surface area (Å²) < 4.78 is 5.74. The van der Waals surface area contributed by atoms with E-state index >= 15 is 0 Å². The number of carbonyl (C=O) groups is 2. The predicted octanol–water partition coefficient (Wildman–Crippen LogP) is 4.05. The van der Waals surface area contributed by atoms with E-state index in [1.165, 1.54) is 18.5 Å². The minimum absolute atomic E-state index is 0.00241. The second-order valence-corrected chi connectivity index (χ2v) is 6.84. The second-order valence-electron chi connectivity index (χ2n) is 6.84. The third-order valence-corrected chi connectivity index (χ3v) is 4.04. The molecule has 0 saturated carbocycles. The molecular formula is C23H23N3O3. The van der Waals surface area contributed by atoms with Crippen molar-refractivity contribution in [3.63, 3.8) is 0 Å². The van der Waals surface area contributed by atoms with Gasteiger partial charge in [0.15, 0.2) is 0 Å². The molecule has 0 atom stereocenters. The molecule has 3 aromatic rings. The van der Waals surface area contributed by atoms with Crippen molar-refractivity contribution in [1.82, 2.24) is 10.3 Å². The summed E-state index contributed by atoms with van der Waals surface area (Å²) in [5, 5.41) is 5.58. The van der Waals surface area contributed by atoms with Crippen LogP contribution in [0.1, 0.15) is 40.1 Å². The summed E-state index contributed by atoms with van der Waals surface area (Å²) in [5.74, 6) is 0.109. The van der Waals surface area contributed by atoms with Crippen molar-refractivity contribution in [2.75, 3.05) is 5.32 Å². The molecule has 0 fully saturated rings.